The summed E-state index contributed by atoms with van der Waals surface area (Å²) in [5.74, 6) is -0.111. The Morgan fingerprint density at radius 2 is 2.15 bits per heavy atom. The molecule has 0 aromatic heterocycles. The van der Waals surface area contributed by atoms with Crippen LogP contribution in [0.5, 0.6) is 0 Å². The summed E-state index contributed by atoms with van der Waals surface area (Å²) in [6.07, 6.45) is 3.58. The van der Waals surface area contributed by atoms with Gasteiger partial charge in [0.2, 0.25) is 5.91 Å². The van der Waals surface area contributed by atoms with E-state index in [1.54, 1.807) is 31.3 Å². The highest BCUT2D eigenvalue weighted by Gasteiger charge is 2.17. The highest BCUT2D eigenvalue weighted by atomic mass is 16.2. The van der Waals surface area contributed by atoms with E-state index in [0.717, 1.165) is 0 Å². The van der Waals surface area contributed by atoms with Gasteiger partial charge in [0.05, 0.1) is 5.70 Å². The van der Waals surface area contributed by atoms with Crippen LogP contribution >= 0.6 is 0 Å². The highest BCUT2D eigenvalue weighted by molar-refractivity contribution is 5.82. The van der Waals surface area contributed by atoms with Gasteiger partial charge in [-0.2, -0.15) is 10.5 Å². The first-order valence-corrected chi connectivity index (χ1v) is 3.68. The Morgan fingerprint density at radius 1 is 1.54 bits per heavy atom. The van der Waals surface area contributed by atoms with Gasteiger partial charge in [-0.1, -0.05) is 6.08 Å². The van der Waals surface area contributed by atoms with Crippen molar-refractivity contribution in [1.82, 2.24) is 4.90 Å². The minimum absolute atomic E-state index is 0.0354. The second kappa shape index (κ2) is 3.55. The number of rotatable bonds is 0. The second-order valence-electron chi connectivity index (χ2n) is 2.54. The van der Waals surface area contributed by atoms with Crippen molar-refractivity contribution in [3.8, 4) is 12.1 Å². The van der Waals surface area contributed by atoms with Gasteiger partial charge in [0.25, 0.3) is 0 Å². The largest absolute Gasteiger partial charge is 0.313 e. The topological polar surface area (TPSA) is 67.9 Å². The molecule has 0 atom stereocenters. The predicted molar refractivity (Wildman–Crippen MR) is 44.8 cm³/mol. The molecule has 1 aliphatic heterocycles. The zero-order valence-electron chi connectivity index (χ0n) is 7.11. The fourth-order valence-corrected chi connectivity index (χ4v) is 1.05. The fraction of sp³-hybridized carbons (Fsp3) is 0.222. The van der Waals surface area contributed by atoms with Crippen molar-refractivity contribution < 1.29 is 4.79 Å². The van der Waals surface area contributed by atoms with Gasteiger partial charge in [0.15, 0.2) is 5.57 Å². The molecule has 0 N–H and O–H groups in total. The van der Waals surface area contributed by atoms with E-state index >= 15 is 0 Å². The Kier molecular flexibility index (Phi) is 2.47. The third-order valence-corrected chi connectivity index (χ3v) is 1.78. The Balaban J connectivity index is 3.20. The summed E-state index contributed by atoms with van der Waals surface area (Å²) in [7, 11) is 1.55. The molecule has 4 heteroatoms. The summed E-state index contributed by atoms with van der Waals surface area (Å²) in [6, 6.07) is 3.49. The number of hydrogen-bond acceptors (Lipinski definition) is 3. The summed E-state index contributed by atoms with van der Waals surface area (Å²) in [6.45, 7) is 0. The lowest BCUT2D eigenvalue weighted by atomic mass is 10.1. The molecule has 1 amide bonds. The van der Waals surface area contributed by atoms with Crippen molar-refractivity contribution in [3.05, 3.63) is 23.4 Å². The molecule has 0 spiro atoms. The predicted octanol–water partition coefficient (Wildman–Crippen LogP) is 0.706. The van der Waals surface area contributed by atoms with E-state index in [-0.39, 0.29) is 11.5 Å². The van der Waals surface area contributed by atoms with Gasteiger partial charge in [-0.3, -0.25) is 4.79 Å². The molecule has 0 bridgehead atoms. The summed E-state index contributed by atoms with van der Waals surface area (Å²) < 4.78 is 0. The van der Waals surface area contributed by atoms with Crippen molar-refractivity contribution >= 4 is 5.91 Å². The molecule has 0 saturated carbocycles. The van der Waals surface area contributed by atoms with E-state index in [4.69, 9.17) is 10.5 Å². The molecule has 0 aromatic carbocycles. The lowest BCUT2D eigenvalue weighted by Gasteiger charge is -2.20. The van der Waals surface area contributed by atoms with Crippen LogP contribution in [0.3, 0.4) is 0 Å². The minimum Gasteiger partial charge on any atom is -0.313 e. The van der Waals surface area contributed by atoms with Crippen molar-refractivity contribution in [2.45, 2.75) is 6.42 Å². The van der Waals surface area contributed by atoms with Crippen molar-refractivity contribution in [2.24, 2.45) is 0 Å². The zero-order valence-corrected chi connectivity index (χ0v) is 7.11. The molecule has 13 heavy (non-hydrogen) atoms. The van der Waals surface area contributed by atoms with Crippen LogP contribution in [0.4, 0.5) is 0 Å². The van der Waals surface area contributed by atoms with Crippen LogP contribution in [0.2, 0.25) is 0 Å². The van der Waals surface area contributed by atoms with Gasteiger partial charge in [-0.25, -0.2) is 0 Å². The number of hydrogen-bond donors (Lipinski definition) is 0. The number of amides is 1. The number of carbonyl (C=O) groups excluding carboxylic acids is 1. The van der Waals surface area contributed by atoms with Gasteiger partial charge >= 0.3 is 0 Å². The molecule has 0 fully saturated rings. The van der Waals surface area contributed by atoms with Crippen molar-refractivity contribution in [3.63, 3.8) is 0 Å². The van der Waals surface area contributed by atoms with E-state index in [1.165, 1.54) is 4.90 Å². The quantitative estimate of drug-likeness (QED) is 0.506. The van der Waals surface area contributed by atoms with Gasteiger partial charge in [-0.05, 0) is 6.08 Å². The smallest absolute Gasteiger partial charge is 0.230 e. The number of likely N-dealkylation sites (N-methyl/N-ethyl adjacent to an activating group) is 1. The lowest BCUT2D eigenvalue weighted by molar-refractivity contribution is -0.127. The maximum absolute atomic E-state index is 11.2. The first-order valence-electron chi connectivity index (χ1n) is 3.68. The molecule has 0 aliphatic carbocycles. The van der Waals surface area contributed by atoms with Crippen LogP contribution in [0.1, 0.15) is 6.42 Å². The standard InChI is InChI=1S/C9H7N3O/c1-12-8(7(5-10)6-11)3-2-4-9(12)13/h2-3H,4H2,1H3. The number of nitriles is 2. The normalized spacial score (nSPS) is 15.2. The molecule has 0 unspecified atom stereocenters. The third kappa shape index (κ3) is 1.57. The van der Waals surface area contributed by atoms with Gasteiger partial charge in [0.1, 0.15) is 12.1 Å². The summed E-state index contributed by atoms with van der Waals surface area (Å²) in [5, 5.41) is 17.2. The maximum atomic E-state index is 11.2. The van der Waals surface area contributed by atoms with Gasteiger partial charge in [0, 0.05) is 13.5 Å². The van der Waals surface area contributed by atoms with Crippen LogP contribution in [0.25, 0.3) is 0 Å². The van der Waals surface area contributed by atoms with E-state index in [1.807, 2.05) is 0 Å². The van der Waals surface area contributed by atoms with Crippen LogP contribution in [0.15, 0.2) is 23.4 Å². The summed E-state index contributed by atoms with van der Waals surface area (Å²) in [5.41, 5.74) is 0.341. The van der Waals surface area contributed by atoms with E-state index in [0.29, 0.717) is 12.1 Å². The van der Waals surface area contributed by atoms with E-state index < -0.39 is 0 Å². The highest BCUT2D eigenvalue weighted by Crippen LogP contribution is 2.15. The SMILES string of the molecule is CN1C(=O)CC=CC1=C(C#N)C#N. The summed E-state index contributed by atoms with van der Waals surface area (Å²) in [4.78, 5) is 12.5. The average Bonchev–Trinajstić information content (AvgIpc) is 2.14. The number of nitrogens with zero attached hydrogens (tertiary/aromatic N) is 3. The first-order chi connectivity index (χ1) is 6.20. The second-order valence-corrected chi connectivity index (χ2v) is 2.54. The summed E-state index contributed by atoms with van der Waals surface area (Å²) >= 11 is 0. The van der Waals surface area contributed by atoms with E-state index in [2.05, 4.69) is 0 Å². The molecule has 1 heterocycles. The average molecular weight is 173 g/mol. The van der Waals surface area contributed by atoms with Gasteiger partial charge < -0.3 is 4.90 Å². The molecular weight excluding hydrogens is 166 g/mol. The first kappa shape index (κ1) is 9.02. The van der Waals surface area contributed by atoms with Gasteiger partial charge in [-0.15, -0.1) is 0 Å². The molecule has 1 aliphatic rings. The van der Waals surface area contributed by atoms with Crippen LogP contribution in [-0.2, 0) is 4.79 Å². The van der Waals surface area contributed by atoms with Crippen molar-refractivity contribution in [2.75, 3.05) is 7.05 Å². The Bertz CT molecular complexity index is 363. The molecule has 1 rings (SSSR count). The molecule has 0 radical (unpaired) electrons. The number of allylic oxidation sites excluding steroid dienone is 2. The third-order valence-electron chi connectivity index (χ3n) is 1.78. The monoisotopic (exact) mass is 173 g/mol. The van der Waals surface area contributed by atoms with Crippen molar-refractivity contribution in [1.29, 1.82) is 10.5 Å². The van der Waals surface area contributed by atoms with Crippen LogP contribution < -0.4 is 0 Å². The molecule has 4 nitrogen and oxygen atoms in total. The Hall–Kier alpha value is -2.07. The molecular formula is C9H7N3O. The van der Waals surface area contributed by atoms with Crippen LogP contribution in [0, 0.1) is 22.7 Å². The molecule has 0 saturated heterocycles. The Morgan fingerprint density at radius 3 is 2.69 bits per heavy atom. The minimum atomic E-state index is -0.111. The van der Waals surface area contributed by atoms with E-state index in [9.17, 15) is 4.79 Å². The maximum Gasteiger partial charge on any atom is 0.230 e. The number of carbonyl (C=O) groups is 1. The molecule has 64 valence electrons. The Labute approximate surface area is 76.0 Å². The fourth-order valence-electron chi connectivity index (χ4n) is 1.05. The zero-order chi connectivity index (χ0) is 9.84. The lowest BCUT2D eigenvalue weighted by Crippen LogP contribution is -2.27. The van der Waals surface area contributed by atoms with Crippen LogP contribution in [-0.4, -0.2) is 17.9 Å². The molecule has 0 aromatic rings.